The van der Waals surface area contributed by atoms with E-state index in [1.54, 1.807) is 16.7 Å². The summed E-state index contributed by atoms with van der Waals surface area (Å²) in [7, 11) is 0. The quantitative estimate of drug-likeness (QED) is 0.367. The third kappa shape index (κ3) is 3.14. The van der Waals surface area contributed by atoms with E-state index in [1.165, 1.54) is 27.6 Å². The fraction of sp³-hybridized carbons (Fsp3) is 0.227. The van der Waals surface area contributed by atoms with Crippen LogP contribution in [0.5, 0.6) is 0 Å². The van der Waals surface area contributed by atoms with E-state index in [4.69, 9.17) is 0 Å². The van der Waals surface area contributed by atoms with Gasteiger partial charge in [-0.05, 0) is 37.0 Å². The monoisotopic (exact) mass is 417 g/mol. The zero-order valence-corrected chi connectivity index (χ0v) is 16.8. The van der Waals surface area contributed by atoms with Crippen molar-refractivity contribution in [1.29, 1.82) is 0 Å². The summed E-state index contributed by atoms with van der Waals surface area (Å²) in [4.78, 5) is 41.7. The summed E-state index contributed by atoms with van der Waals surface area (Å²) in [6.07, 6.45) is 3.08. The molecular formula is C22H19N5O4. The molecule has 0 aliphatic heterocycles. The van der Waals surface area contributed by atoms with E-state index in [2.05, 4.69) is 4.98 Å². The van der Waals surface area contributed by atoms with E-state index in [9.17, 15) is 19.7 Å². The van der Waals surface area contributed by atoms with Gasteiger partial charge in [-0.1, -0.05) is 30.3 Å². The third-order valence-electron chi connectivity index (χ3n) is 5.59. The number of rotatable bonds is 5. The topological polar surface area (TPSA) is 105 Å². The lowest BCUT2D eigenvalue weighted by Crippen LogP contribution is -2.39. The molecule has 4 aromatic rings. The van der Waals surface area contributed by atoms with Crippen molar-refractivity contribution in [3.05, 3.63) is 96.9 Å². The minimum Gasteiger partial charge on any atom is -0.320 e. The molecule has 2 aromatic carbocycles. The van der Waals surface area contributed by atoms with Crippen LogP contribution < -0.4 is 11.2 Å². The van der Waals surface area contributed by atoms with Gasteiger partial charge in [-0.25, -0.2) is 14.3 Å². The predicted molar refractivity (Wildman–Crippen MR) is 115 cm³/mol. The van der Waals surface area contributed by atoms with E-state index < -0.39 is 10.6 Å². The van der Waals surface area contributed by atoms with E-state index in [-0.39, 0.29) is 29.5 Å². The van der Waals surface area contributed by atoms with Crippen LogP contribution in [0, 0.1) is 17.0 Å². The molecule has 9 nitrogen and oxygen atoms in total. The normalized spacial score (nSPS) is 13.6. The van der Waals surface area contributed by atoms with Gasteiger partial charge in [0.25, 0.3) is 11.2 Å². The van der Waals surface area contributed by atoms with Gasteiger partial charge in [0, 0.05) is 24.7 Å². The minimum absolute atomic E-state index is 0.0193. The van der Waals surface area contributed by atoms with E-state index in [0.29, 0.717) is 16.8 Å². The van der Waals surface area contributed by atoms with Crippen LogP contribution in [0.1, 0.15) is 30.0 Å². The highest BCUT2D eigenvalue weighted by molar-refractivity contribution is 5.73. The molecule has 0 radical (unpaired) electrons. The van der Waals surface area contributed by atoms with E-state index in [1.807, 2.05) is 31.2 Å². The maximum absolute atomic E-state index is 13.3. The number of imidazole rings is 1. The maximum Gasteiger partial charge on any atom is 0.337 e. The number of aryl methyl sites for hydroxylation is 1. The number of non-ortho nitro benzene ring substituents is 1. The zero-order chi connectivity index (χ0) is 21.7. The number of hydrogen-bond acceptors (Lipinski definition) is 5. The molecule has 0 N–H and O–H groups in total. The molecule has 156 valence electrons. The summed E-state index contributed by atoms with van der Waals surface area (Å²) in [6, 6.07) is 13.6. The van der Waals surface area contributed by atoms with Crippen molar-refractivity contribution in [1.82, 2.24) is 18.7 Å². The molecule has 0 bridgehead atoms. The number of aromatic nitrogens is 4. The Labute approximate surface area is 176 Å². The van der Waals surface area contributed by atoms with Crippen molar-refractivity contribution >= 4 is 16.9 Å². The first-order valence-electron chi connectivity index (χ1n) is 9.97. The first-order chi connectivity index (χ1) is 15.0. The summed E-state index contributed by atoms with van der Waals surface area (Å²) in [5.74, 6) is 0. The summed E-state index contributed by atoms with van der Waals surface area (Å²) in [5.41, 5.74) is 2.03. The predicted octanol–water partition coefficient (Wildman–Crippen LogP) is 2.95. The second-order valence-electron chi connectivity index (χ2n) is 7.78. The molecule has 2 aromatic heterocycles. The van der Waals surface area contributed by atoms with Gasteiger partial charge in [0.1, 0.15) is 0 Å². The maximum atomic E-state index is 13.3. The fourth-order valence-electron chi connectivity index (χ4n) is 3.92. The number of nitrogens with zero attached hydrogens (tertiary/aromatic N) is 5. The molecule has 2 heterocycles. The third-order valence-corrected chi connectivity index (χ3v) is 5.59. The second-order valence-corrected chi connectivity index (χ2v) is 7.78. The van der Waals surface area contributed by atoms with Crippen LogP contribution in [0.25, 0.3) is 16.9 Å². The van der Waals surface area contributed by atoms with Crippen molar-refractivity contribution in [3.63, 3.8) is 0 Å². The average Bonchev–Trinajstić information content (AvgIpc) is 3.49. The Morgan fingerprint density at radius 1 is 1.13 bits per heavy atom. The molecule has 0 saturated heterocycles. The minimum atomic E-state index is -0.453. The molecule has 5 rings (SSSR count). The van der Waals surface area contributed by atoms with Crippen LogP contribution in [-0.4, -0.2) is 23.6 Å². The van der Waals surface area contributed by atoms with E-state index >= 15 is 0 Å². The lowest BCUT2D eigenvalue weighted by Gasteiger charge is -2.14. The number of benzene rings is 2. The summed E-state index contributed by atoms with van der Waals surface area (Å²) >= 11 is 0. The van der Waals surface area contributed by atoms with Crippen LogP contribution in [0.2, 0.25) is 0 Å². The molecule has 1 aliphatic rings. The molecule has 0 amide bonds. The fourth-order valence-corrected chi connectivity index (χ4v) is 3.92. The Morgan fingerprint density at radius 3 is 2.61 bits per heavy atom. The lowest BCUT2D eigenvalue weighted by molar-refractivity contribution is -0.384. The Hall–Kier alpha value is -4.01. The highest BCUT2D eigenvalue weighted by atomic mass is 16.6. The van der Waals surface area contributed by atoms with Crippen molar-refractivity contribution in [3.8, 4) is 5.69 Å². The first-order valence-corrected chi connectivity index (χ1v) is 9.97. The van der Waals surface area contributed by atoms with Crippen LogP contribution >= 0.6 is 0 Å². The first kappa shape index (κ1) is 19.0. The van der Waals surface area contributed by atoms with Gasteiger partial charge in [0.15, 0.2) is 11.2 Å². The SMILES string of the molecule is Cc1ccccc1-n1c(=O)n(C2CC2)c(=O)c2c1ncn2Cc1cccc([N+](=O)[O-])c1. The van der Waals surface area contributed by atoms with Gasteiger partial charge < -0.3 is 4.57 Å². The Kier molecular flexibility index (Phi) is 4.32. The molecule has 0 spiro atoms. The smallest absolute Gasteiger partial charge is 0.320 e. The van der Waals surface area contributed by atoms with Crippen LogP contribution in [-0.2, 0) is 6.54 Å². The van der Waals surface area contributed by atoms with Crippen molar-refractivity contribution in [2.45, 2.75) is 32.4 Å². The van der Waals surface area contributed by atoms with Gasteiger partial charge >= 0.3 is 5.69 Å². The van der Waals surface area contributed by atoms with Crippen LogP contribution in [0.4, 0.5) is 5.69 Å². The summed E-state index contributed by atoms with van der Waals surface area (Å²) < 4.78 is 4.47. The summed E-state index contributed by atoms with van der Waals surface area (Å²) in [5, 5.41) is 11.1. The van der Waals surface area contributed by atoms with Gasteiger partial charge in [-0.3, -0.25) is 19.5 Å². The van der Waals surface area contributed by atoms with Crippen LogP contribution in [0.3, 0.4) is 0 Å². The molecular weight excluding hydrogens is 398 g/mol. The molecule has 1 aliphatic carbocycles. The highest BCUT2D eigenvalue weighted by Gasteiger charge is 2.30. The molecule has 1 fully saturated rings. The standard InChI is InChI=1S/C22H19N5O4/c1-14-5-2-3-8-18(14)26-20-19(21(28)25(22(26)29)16-9-10-16)24(13-23-20)12-15-6-4-7-17(11-15)27(30)31/h2-8,11,13,16H,9-10,12H2,1H3. The molecule has 1 saturated carbocycles. The Bertz CT molecular complexity index is 1460. The number of nitro benzene ring substituents is 1. The van der Waals surface area contributed by atoms with Crippen molar-refractivity contribution in [2.75, 3.05) is 0 Å². The number of fused-ring (bicyclic) bond motifs is 1. The molecule has 0 unspecified atom stereocenters. The van der Waals surface area contributed by atoms with Crippen LogP contribution in [0.15, 0.2) is 64.4 Å². The Balaban J connectivity index is 1.75. The van der Waals surface area contributed by atoms with Gasteiger partial charge in [-0.2, -0.15) is 0 Å². The lowest BCUT2D eigenvalue weighted by atomic mass is 10.2. The van der Waals surface area contributed by atoms with Gasteiger partial charge in [0.05, 0.1) is 16.9 Å². The van der Waals surface area contributed by atoms with E-state index in [0.717, 1.165) is 18.4 Å². The number of hydrogen-bond donors (Lipinski definition) is 0. The zero-order valence-electron chi connectivity index (χ0n) is 16.8. The molecule has 9 heteroatoms. The van der Waals surface area contributed by atoms with Crippen molar-refractivity contribution in [2.24, 2.45) is 0 Å². The molecule has 31 heavy (non-hydrogen) atoms. The number of nitro groups is 1. The largest absolute Gasteiger partial charge is 0.337 e. The average molecular weight is 417 g/mol. The second kappa shape index (κ2) is 7.05. The Morgan fingerprint density at radius 2 is 1.90 bits per heavy atom. The van der Waals surface area contributed by atoms with Crippen molar-refractivity contribution < 1.29 is 4.92 Å². The van der Waals surface area contributed by atoms with Gasteiger partial charge in [0.2, 0.25) is 0 Å². The highest BCUT2D eigenvalue weighted by Crippen LogP contribution is 2.33. The summed E-state index contributed by atoms with van der Waals surface area (Å²) in [6.45, 7) is 2.13. The number of para-hydroxylation sites is 1. The van der Waals surface area contributed by atoms with Gasteiger partial charge in [-0.15, -0.1) is 0 Å². The molecule has 0 atom stereocenters.